The van der Waals surface area contributed by atoms with Crippen LogP contribution in [0.2, 0.25) is 5.02 Å². The molecule has 0 bridgehead atoms. The second-order valence-corrected chi connectivity index (χ2v) is 6.85. The van der Waals surface area contributed by atoms with Gasteiger partial charge in [0.15, 0.2) is 0 Å². The molecule has 144 valence electrons. The summed E-state index contributed by atoms with van der Waals surface area (Å²) < 4.78 is 1.80. The fraction of sp³-hybridized carbons (Fsp3) is 0.200. The van der Waals surface area contributed by atoms with Crippen LogP contribution in [0.3, 0.4) is 0 Å². The molecule has 0 spiro atoms. The number of nitrogens with zero attached hydrogens (tertiary/aromatic N) is 3. The molecule has 0 saturated carbocycles. The van der Waals surface area contributed by atoms with Crippen LogP contribution in [0, 0.1) is 24.0 Å². The number of nitro benzene ring substituents is 1. The van der Waals surface area contributed by atoms with Crippen molar-refractivity contribution in [1.29, 1.82) is 0 Å². The van der Waals surface area contributed by atoms with E-state index in [4.69, 9.17) is 11.6 Å². The van der Waals surface area contributed by atoms with Gasteiger partial charge in [-0.25, -0.2) is 0 Å². The molecule has 1 amide bonds. The first-order valence-corrected chi connectivity index (χ1v) is 9.03. The largest absolute Gasteiger partial charge is 0.323 e. The Morgan fingerprint density at radius 3 is 2.50 bits per heavy atom. The van der Waals surface area contributed by atoms with Crippen molar-refractivity contribution in [2.24, 2.45) is 0 Å². The van der Waals surface area contributed by atoms with E-state index in [0.29, 0.717) is 28.5 Å². The molecule has 3 aromatic rings. The number of aryl methyl sites for hydroxylation is 1. The van der Waals surface area contributed by atoms with Crippen molar-refractivity contribution in [3.05, 3.63) is 86.2 Å². The van der Waals surface area contributed by atoms with E-state index < -0.39 is 4.92 Å². The first-order chi connectivity index (χ1) is 13.3. The summed E-state index contributed by atoms with van der Waals surface area (Å²) in [6.07, 6.45) is 0.118. The molecule has 0 radical (unpaired) electrons. The maximum absolute atomic E-state index is 12.4. The van der Waals surface area contributed by atoms with Gasteiger partial charge in [0.1, 0.15) is 0 Å². The monoisotopic (exact) mass is 398 g/mol. The van der Waals surface area contributed by atoms with Crippen LogP contribution in [-0.4, -0.2) is 20.6 Å². The minimum absolute atomic E-state index is 0.00306. The van der Waals surface area contributed by atoms with Gasteiger partial charge in [0, 0.05) is 17.2 Å². The fourth-order valence-corrected chi connectivity index (χ4v) is 3.12. The third kappa shape index (κ3) is 4.37. The number of non-ortho nitro benzene ring substituents is 1. The number of carbonyl (C=O) groups excluding carboxylic acids is 1. The number of amides is 1. The van der Waals surface area contributed by atoms with Gasteiger partial charge in [-0.3, -0.25) is 19.6 Å². The minimum atomic E-state index is -0.468. The van der Waals surface area contributed by atoms with Crippen LogP contribution in [0.5, 0.6) is 0 Å². The third-order valence-electron chi connectivity index (χ3n) is 4.44. The Bertz CT molecular complexity index is 1030. The minimum Gasteiger partial charge on any atom is -0.323 e. The van der Waals surface area contributed by atoms with Crippen molar-refractivity contribution in [2.45, 2.75) is 26.8 Å². The Morgan fingerprint density at radius 1 is 1.18 bits per heavy atom. The number of carbonyl (C=O) groups is 1. The molecule has 28 heavy (non-hydrogen) atoms. The van der Waals surface area contributed by atoms with Crippen LogP contribution in [0.1, 0.15) is 22.5 Å². The number of hydrogen-bond donors (Lipinski definition) is 1. The molecule has 7 nitrogen and oxygen atoms in total. The van der Waals surface area contributed by atoms with Gasteiger partial charge >= 0.3 is 0 Å². The van der Waals surface area contributed by atoms with E-state index in [2.05, 4.69) is 10.4 Å². The van der Waals surface area contributed by atoms with E-state index in [1.165, 1.54) is 12.1 Å². The van der Waals surface area contributed by atoms with E-state index in [1.807, 2.05) is 38.1 Å². The van der Waals surface area contributed by atoms with Gasteiger partial charge in [0.2, 0.25) is 5.91 Å². The Morgan fingerprint density at radius 2 is 1.86 bits per heavy atom. The quantitative estimate of drug-likeness (QED) is 0.495. The summed E-state index contributed by atoms with van der Waals surface area (Å²) in [6, 6.07) is 13.5. The average Bonchev–Trinajstić information content (AvgIpc) is 2.91. The first kappa shape index (κ1) is 19.6. The van der Waals surface area contributed by atoms with Gasteiger partial charge < -0.3 is 5.32 Å². The molecular formula is C20H19ClN4O3. The lowest BCUT2D eigenvalue weighted by Crippen LogP contribution is -2.15. The van der Waals surface area contributed by atoms with Gasteiger partial charge in [0.05, 0.1) is 35.0 Å². The van der Waals surface area contributed by atoms with Gasteiger partial charge in [0.25, 0.3) is 5.69 Å². The summed E-state index contributed by atoms with van der Waals surface area (Å²) in [7, 11) is 0. The first-order valence-electron chi connectivity index (χ1n) is 8.65. The van der Waals surface area contributed by atoms with Gasteiger partial charge in [-0.15, -0.1) is 0 Å². The third-order valence-corrected chi connectivity index (χ3v) is 4.80. The molecule has 0 aliphatic heterocycles. The number of halogens is 1. The summed E-state index contributed by atoms with van der Waals surface area (Å²) in [5.41, 5.74) is 3.84. The predicted molar refractivity (Wildman–Crippen MR) is 108 cm³/mol. The SMILES string of the molecule is Cc1nn(Cc2ccccc2Cl)c(C)c1NC(=O)Cc1ccc([N+](=O)[O-])cc1. The summed E-state index contributed by atoms with van der Waals surface area (Å²) in [5.74, 6) is -0.211. The molecule has 0 aliphatic carbocycles. The number of nitro groups is 1. The van der Waals surface area contributed by atoms with Crippen molar-refractivity contribution in [3.63, 3.8) is 0 Å². The van der Waals surface area contributed by atoms with E-state index >= 15 is 0 Å². The van der Waals surface area contributed by atoms with E-state index in [9.17, 15) is 14.9 Å². The van der Waals surface area contributed by atoms with Crippen molar-refractivity contribution in [2.75, 3.05) is 5.32 Å². The summed E-state index contributed by atoms with van der Waals surface area (Å²) in [5, 5.41) is 18.8. The Kier molecular flexibility index (Phi) is 5.75. The second kappa shape index (κ2) is 8.22. The van der Waals surface area contributed by atoms with Gasteiger partial charge in [-0.2, -0.15) is 5.10 Å². The maximum atomic E-state index is 12.4. The number of hydrogen-bond acceptors (Lipinski definition) is 4. The highest BCUT2D eigenvalue weighted by atomic mass is 35.5. The molecule has 0 saturated heterocycles. The topological polar surface area (TPSA) is 90.1 Å². The normalized spacial score (nSPS) is 10.7. The van der Waals surface area contributed by atoms with Crippen LogP contribution in [-0.2, 0) is 17.8 Å². The Hall–Kier alpha value is -3.19. The molecule has 2 aromatic carbocycles. The Balaban J connectivity index is 1.72. The molecule has 3 rings (SSSR count). The number of rotatable bonds is 6. The standard InChI is InChI=1S/C20H19ClN4O3/c1-13-20(14(2)24(23-13)12-16-5-3-4-6-18(16)21)22-19(26)11-15-7-9-17(10-8-15)25(27)28/h3-10H,11-12H2,1-2H3,(H,22,26). The highest BCUT2D eigenvalue weighted by molar-refractivity contribution is 6.31. The van der Waals surface area contributed by atoms with Gasteiger partial charge in [-0.05, 0) is 31.0 Å². The zero-order valence-corrected chi connectivity index (χ0v) is 16.2. The molecule has 0 fully saturated rings. The summed E-state index contributed by atoms with van der Waals surface area (Å²) in [4.78, 5) is 22.7. The van der Waals surface area contributed by atoms with Crippen LogP contribution in [0.15, 0.2) is 48.5 Å². The molecule has 1 N–H and O–H groups in total. The van der Waals surface area contributed by atoms with E-state index in [0.717, 1.165) is 11.3 Å². The number of aromatic nitrogens is 2. The van der Waals surface area contributed by atoms with Crippen LogP contribution < -0.4 is 5.32 Å². The van der Waals surface area contributed by atoms with Crippen LogP contribution in [0.25, 0.3) is 0 Å². The number of anilines is 1. The molecule has 1 aromatic heterocycles. The van der Waals surface area contributed by atoms with Crippen molar-refractivity contribution < 1.29 is 9.72 Å². The average molecular weight is 399 g/mol. The summed E-state index contributed by atoms with van der Waals surface area (Å²) in [6.45, 7) is 4.22. The molecule has 0 unspecified atom stereocenters. The van der Waals surface area contributed by atoms with Crippen molar-refractivity contribution in [1.82, 2.24) is 9.78 Å². The van der Waals surface area contributed by atoms with Crippen molar-refractivity contribution >= 4 is 28.9 Å². The zero-order valence-electron chi connectivity index (χ0n) is 15.5. The van der Waals surface area contributed by atoms with Crippen LogP contribution in [0.4, 0.5) is 11.4 Å². The lowest BCUT2D eigenvalue weighted by Gasteiger charge is -2.08. The maximum Gasteiger partial charge on any atom is 0.269 e. The van der Waals surface area contributed by atoms with Crippen molar-refractivity contribution in [3.8, 4) is 0 Å². The highest BCUT2D eigenvalue weighted by Gasteiger charge is 2.16. The smallest absolute Gasteiger partial charge is 0.269 e. The number of benzene rings is 2. The second-order valence-electron chi connectivity index (χ2n) is 6.44. The molecular weight excluding hydrogens is 380 g/mol. The fourth-order valence-electron chi connectivity index (χ4n) is 2.92. The summed E-state index contributed by atoms with van der Waals surface area (Å²) >= 11 is 6.23. The van der Waals surface area contributed by atoms with E-state index in [-0.39, 0.29) is 18.0 Å². The highest BCUT2D eigenvalue weighted by Crippen LogP contribution is 2.23. The molecule has 0 aliphatic rings. The Labute approximate surface area is 167 Å². The molecule has 1 heterocycles. The lowest BCUT2D eigenvalue weighted by molar-refractivity contribution is -0.384. The molecule has 8 heteroatoms. The molecule has 0 atom stereocenters. The lowest BCUT2D eigenvalue weighted by atomic mass is 10.1. The number of nitrogens with one attached hydrogen (secondary N) is 1. The van der Waals surface area contributed by atoms with Gasteiger partial charge in [-0.1, -0.05) is 41.9 Å². The predicted octanol–water partition coefficient (Wildman–Crippen LogP) is 4.29. The zero-order chi connectivity index (χ0) is 20.3. The van der Waals surface area contributed by atoms with Crippen LogP contribution >= 0.6 is 11.6 Å². The van der Waals surface area contributed by atoms with E-state index in [1.54, 1.807) is 16.8 Å².